The SMILES string of the molecule is Nc1ccc(-c2ccc(N)cc2)cc1.Nc1ccc(N)cc1.Nc1ccc(Oc2cccc(N)c2)cc1.Nc1cccc(N)c1.O=C(c1ccc2c(c1)C(=O)OC2=O)c1ccc2c(c1)C(=O)OC2=O.O=C1OC(=O)C2CC3C(=O)OC(=O)C3CC12.O=C1OC(=O)c2cc(-c3ccc4c(c3)C(=O)OC4=O)ccc21.O=c1oc(=O)c2cc3c(=O)oc(=O)c3cc12. The van der Waals surface area contributed by atoms with E-state index in [0.717, 1.165) is 63.2 Å². The molecule has 34 heteroatoms. The molecular formula is C89H62N8O26. The summed E-state index contributed by atoms with van der Waals surface area (Å²) in [5.41, 5.74) is 51.4. The van der Waals surface area contributed by atoms with E-state index in [9.17, 15) is 81.5 Å². The lowest BCUT2D eigenvalue weighted by molar-refractivity contribution is -0.154. The molecule has 614 valence electrons. The van der Waals surface area contributed by atoms with Crippen LogP contribution in [-0.4, -0.2) is 77.4 Å². The smallest absolute Gasteiger partial charge is 0.346 e. The van der Waals surface area contributed by atoms with Gasteiger partial charge in [-0.25, -0.2) is 57.5 Å². The van der Waals surface area contributed by atoms with Crippen LogP contribution in [0.15, 0.2) is 259 Å². The normalized spacial score (nSPS) is 16.1. The zero-order chi connectivity index (χ0) is 87.9. The molecule has 13 aromatic rings. The zero-order valence-electron chi connectivity index (χ0n) is 63.4. The standard InChI is InChI=1S/C17H6O7.C16H6O6.C12H12N2O.C12H12N2.C10H8O6.C10H2O6.2C6H8N2/c18-13(7-1-3-9-11(5-7)16(21)23-14(9)19)8-2-4-10-12(6-8)17(22)24-15(10)20;17-13-9-3-1-7(5-11(9)15(19)21-13)8-2-4-10-12(6-8)16(20)22-14(10)18;13-9-4-6-11(7-5-9)15-12-3-1-2-10(14)8-12;13-11-5-1-9(2-6-11)10-3-7-12(14)8-4-10;2*11-7-3-1-4-6(10(14)16-8(4)12)2-5(3)9(13)15-7;7-5-1-2-6(8)4-3-5;7-5-2-1-3-6(8)4-5/h1-6H;1-6H;1-8H,13-14H2;1-8H,13-14H2;3-6H,1-2H2;1-2H;2*1-4H,7-8H2. The van der Waals surface area contributed by atoms with Gasteiger partial charge in [0.2, 0.25) is 0 Å². The molecule has 0 amide bonds. The van der Waals surface area contributed by atoms with E-state index in [2.05, 4.69) is 37.3 Å². The van der Waals surface area contributed by atoms with E-state index in [-0.39, 0.29) is 90.0 Å². The third-order valence-corrected chi connectivity index (χ3v) is 19.4. The van der Waals surface area contributed by atoms with Crippen LogP contribution >= 0.6 is 0 Å². The van der Waals surface area contributed by atoms with E-state index in [4.69, 9.17) is 50.6 Å². The van der Waals surface area contributed by atoms with Crippen molar-refractivity contribution in [3.05, 3.63) is 328 Å². The minimum absolute atomic E-state index is 0.0154. The van der Waals surface area contributed by atoms with E-state index in [1.165, 1.54) is 60.7 Å². The Kier molecular flexibility index (Phi) is 23.8. The summed E-state index contributed by atoms with van der Waals surface area (Å²) in [6, 6.07) is 63.9. The molecule has 2 aromatic heterocycles. The maximum absolute atomic E-state index is 12.5. The van der Waals surface area contributed by atoms with Crippen molar-refractivity contribution in [2.24, 2.45) is 23.7 Å². The minimum atomic E-state index is -0.824. The van der Waals surface area contributed by atoms with Gasteiger partial charge in [0.25, 0.3) is 0 Å². The molecule has 3 fully saturated rings. The second-order valence-corrected chi connectivity index (χ2v) is 27.6. The Balaban J connectivity index is 0.000000124. The average Bonchev–Trinajstić information content (AvgIpc) is 1.64. The molecule has 4 atom stereocenters. The number of ketones is 1. The molecule has 11 aromatic carbocycles. The molecule has 1 aliphatic carbocycles. The Bertz CT molecular complexity index is 6350. The predicted octanol–water partition coefficient (Wildman–Crippen LogP) is 9.28. The Morgan fingerprint density at radius 3 is 0.821 bits per heavy atom. The van der Waals surface area contributed by atoms with Gasteiger partial charge in [-0.15, -0.1) is 0 Å². The number of nitrogens with two attached hydrogens (primary N) is 8. The van der Waals surface area contributed by atoms with Gasteiger partial charge in [0, 0.05) is 62.7 Å². The maximum Gasteiger partial charge on any atom is 0.346 e. The summed E-state index contributed by atoms with van der Waals surface area (Å²) in [7, 11) is 0. The molecule has 8 heterocycles. The molecule has 0 bridgehead atoms. The van der Waals surface area contributed by atoms with Crippen LogP contribution in [0, 0.1) is 23.7 Å². The second kappa shape index (κ2) is 35.1. The summed E-state index contributed by atoms with van der Waals surface area (Å²) in [6.07, 6.45) is 0.370. The van der Waals surface area contributed by atoms with Crippen LogP contribution in [0.1, 0.15) is 112 Å². The average molecular weight is 1660 g/mol. The summed E-state index contributed by atoms with van der Waals surface area (Å²) in [5.74, 6) is -9.52. The van der Waals surface area contributed by atoms with Crippen molar-refractivity contribution in [2.75, 3.05) is 45.9 Å². The van der Waals surface area contributed by atoms with Gasteiger partial charge in [0.15, 0.2) is 5.78 Å². The number of fused-ring (bicyclic) bond motifs is 8. The number of carbonyl (C=O) groups excluding carboxylic acids is 13. The molecule has 0 spiro atoms. The Morgan fingerprint density at radius 2 is 0.512 bits per heavy atom. The highest BCUT2D eigenvalue weighted by Gasteiger charge is 2.58. The van der Waals surface area contributed by atoms with Crippen LogP contribution in [0.3, 0.4) is 0 Å². The topological polar surface area (TPSA) is 589 Å². The quantitative estimate of drug-likeness (QED) is 0.0252. The molecule has 4 unspecified atom stereocenters. The molecular weight excluding hydrogens is 1600 g/mol. The molecule has 123 heavy (non-hydrogen) atoms. The molecule has 1 saturated carbocycles. The van der Waals surface area contributed by atoms with Gasteiger partial charge in [0.1, 0.15) is 11.5 Å². The first-order valence-corrected chi connectivity index (χ1v) is 36.4. The van der Waals surface area contributed by atoms with Crippen LogP contribution in [-0.2, 0) is 47.6 Å². The lowest BCUT2D eigenvalue weighted by atomic mass is 9.70. The fraction of sp³-hybridized carbons (Fsp3) is 0.0674. The van der Waals surface area contributed by atoms with E-state index >= 15 is 0 Å². The van der Waals surface area contributed by atoms with Gasteiger partial charge in [0.05, 0.1) is 89.7 Å². The van der Waals surface area contributed by atoms with Gasteiger partial charge in [-0.3, -0.25) is 24.0 Å². The number of benzene rings is 11. The third-order valence-electron chi connectivity index (χ3n) is 19.4. The summed E-state index contributed by atoms with van der Waals surface area (Å²) >= 11 is 0. The molecule has 2 saturated heterocycles. The highest BCUT2D eigenvalue weighted by molar-refractivity contribution is 6.20. The molecule has 0 radical (unpaired) electrons. The summed E-state index contributed by atoms with van der Waals surface area (Å²) in [6.45, 7) is 0. The number of furan rings is 2. The summed E-state index contributed by atoms with van der Waals surface area (Å²) in [5, 5.41) is -0.0726. The van der Waals surface area contributed by atoms with Gasteiger partial charge >= 0.3 is 94.1 Å². The van der Waals surface area contributed by atoms with Crippen LogP contribution in [0.25, 0.3) is 43.8 Å². The number of cyclic esters (lactones) is 12. The number of ether oxygens (including phenoxy) is 7. The molecule has 7 aliphatic rings. The molecule has 6 aliphatic heterocycles. The number of rotatable bonds is 6. The fourth-order valence-electron chi connectivity index (χ4n) is 13.2. The summed E-state index contributed by atoms with van der Waals surface area (Å²) < 4.78 is 41.3. The Morgan fingerprint density at radius 1 is 0.244 bits per heavy atom. The Labute approximate surface area is 689 Å². The van der Waals surface area contributed by atoms with Crippen molar-refractivity contribution < 1.29 is 104 Å². The van der Waals surface area contributed by atoms with E-state index in [1.54, 1.807) is 72.8 Å². The minimum Gasteiger partial charge on any atom is -0.457 e. The first kappa shape index (κ1) is 83.4. The highest BCUT2D eigenvalue weighted by Crippen LogP contribution is 2.46. The van der Waals surface area contributed by atoms with Crippen molar-refractivity contribution in [3.63, 3.8) is 0 Å². The largest absolute Gasteiger partial charge is 0.457 e. The van der Waals surface area contributed by atoms with Crippen molar-refractivity contribution in [3.8, 4) is 33.8 Å². The van der Waals surface area contributed by atoms with Crippen LogP contribution in [0.2, 0.25) is 0 Å². The van der Waals surface area contributed by atoms with E-state index in [1.807, 2.05) is 84.9 Å². The third kappa shape index (κ3) is 18.6. The summed E-state index contributed by atoms with van der Waals surface area (Å²) in [4.78, 5) is 194. The van der Waals surface area contributed by atoms with Crippen molar-refractivity contribution in [1.29, 1.82) is 0 Å². The van der Waals surface area contributed by atoms with E-state index in [0.29, 0.717) is 28.2 Å². The Hall–Kier alpha value is -17.6. The van der Waals surface area contributed by atoms with Crippen molar-refractivity contribution in [1.82, 2.24) is 0 Å². The molecule has 20 rings (SSSR count). The van der Waals surface area contributed by atoms with Crippen LogP contribution in [0.5, 0.6) is 11.5 Å². The molecule has 34 nitrogen and oxygen atoms in total. The lowest BCUT2D eigenvalue weighted by Gasteiger charge is -2.25. The van der Waals surface area contributed by atoms with Gasteiger partial charge in [-0.1, -0.05) is 60.7 Å². The monoisotopic (exact) mass is 1660 g/mol. The second-order valence-electron chi connectivity index (χ2n) is 27.6. The van der Waals surface area contributed by atoms with Gasteiger partial charge in [-0.2, -0.15) is 0 Å². The number of hydrogen-bond acceptors (Lipinski definition) is 34. The van der Waals surface area contributed by atoms with Crippen molar-refractivity contribution >= 4 is 144 Å². The number of anilines is 8. The van der Waals surface area contributed by atoms with Crippen LogP contribution in [0.4, 0.5) is 45.5 Å². The number of nitrogen functional groups attached to an aromatic ring is 8. The number of esters is 12. The number of carbonyl (C=O) groups is 13. The first-order chi connectivity index (χ1) is 58.7. The maximum atomic E-state index is 12.5. The van der Waals surface area contributed by atoms with Crippen LogP contribution < -0.4 is 73.1 Å². The van der Waals surface area contributed by atoms with E-state index < -0.39 is 124 Å². The fourth-order valence-corrected chi connectivity index (χ4v) is 13.2. The van der Waals surface area contributed by atoms with Crippen molar-refractivity contribution in [2.45, 2.75) is 12.8 Å². The first-order valence-electron chi connectivity index (χ1n) is 36.4. The molecule has 16 N–H and O–H groups in total. The van der Waals surface area contributed by atoms with Gasteiger partial charge in [-0.05, 0) is 199 Å². The zero-order valence-corrected chi connectivity index (χ0v) is 63.4. The lowest BCUT2D eigenvalue weighted by Crippen LogP contribution is -2.35. The predicted molar refractivity (Wildman–Crippen MR) is 439 cm³/mol. The highest BCUT2D eigenvalue weighted by atomic mass is 16.6. The number of hydrogen-bond donors (Lipinski definition) is 8. The van der Waals surface area contributed by atoms with Gasteiger partial charge < -0.3 is 87.9 Å².